The predicted molar refractivity (Wildman–Crippen MR) is 68.1 cm³/mol. The molecule has 0 atom stereocenters. The van der Waals surface area contributed by atoms with Gasteiger partial charge in [-0.15, -0.1) is 0 Å². The molecule has 0 fully saturated rings. The molecule has 0 aliphatic carbocycles. The summed E-state index contributed by atoms with van der Waals surface area (Å²) in [7, 11) is 1.87. The molecule has 0 N–H and O–H groups in total. The first-order chi connectivity index (χ1) is 6.86. The highest BCUT2D eigenvalue weighted by atomic mass is 16.5. The van der Waals surface area contributed by atoms with E-state index in [0.717, 1.165) is 5.92 Å². The minimum absolute atomic E-state index is 0.0783. The largest absolute Gasteiger partial charge is 0.378 e. The predicted octanol–water partition coefficient (Wildman–Crippen LogP) is 4.51. The average Bonchev–Trinajstić information content (AvgIpc) is 2.10. The minimum Gasteiger partial charge on any atom is -0.378 e. The van der Waals surface area contributed by atoms with Crippen molar-refractivity contribution in [2.24, 2.45) is 17.8 Å². The molecule has 0 radical (unpaired) electrons. The third kappa shape index (κ3) is 4.14. The summed E-state index contributed by atoms with van der Waals surface area (Å²) in [6.45, 7) is 13.7. The number of hydrogen-bond donors (Lipinski definition) is 0. The molecule has 0 saturated heterocycles. The fraction of sp³-hybridized carbons (Fsp3) is 1.00. The van der Waals surface area contributed by atoms with Crippen molar-refractivity contribution in [1.82, 2.24) is 0 Å². The molecule has 0 amide bonds. The molecule has 0 heterocycles. The van der Waals surface area contributed by atoms with E-state index in [1.54, 1.807) is 0 Å². The van der Waals surface area contributed by atoms with E-state index in [0.29, 0.717) is 11.8 Å². The summed E-state index contributed by atoms with van der Waals surface area (Å²) in [6, 6.07) is 0. The normalized spacial score (nSPS) is 13.2. The molecule has 0 unspecified atom stereocenters. The van der Waals surface area contributed by atoms with E-state index in [9.17, 15) is 0 Å². The molecule has 0 aliphatic heterocycles. The summed E-state index contributed by atoms with van der Waals surface area (Å²) in [5.74, 6) is 1.99. The average molecular weight is 214 g/mol. The second kappa shape index (κ2) is 6.52. The van der Waals surface area contributed by atoms with E-state index in [1.165, 1.54) is 19.3 Å². The summed E-state index contributed by atoms with van der Waals surface area (Å²) in [6.07, 6.45) is 3.78. The van der Waals surface area contributed by atoms with E-state index in [4.69, 9.17) is 4.74 Å². The Balaban J connectivity index is 4.36. The Morgan fingerprint density at radius 3 is 1.67 bits per heavy atom. The molecule has 0 aliphatic rings. The maximum atomic E-state index is 5.84. The van der Waals surface area contributed by atoms with E-state index in [-0.39, 0.29) is 5.60 Å². The van der Waals surface area contributed by atoms with E-state index >= 15 is 0 Å². The highest BCUT2D eigenvalue weighted by Crippen LogP contribution is 2.35. The van der Waals surface area contributed by atoms with Crippen molar-refractivity contribution in [3.05, 3.63) is 0 Å². The van der Waals surface area contributed by atoms with Gasteiger partial charge in [0.2, 0.25) is 0 Å². The van der Waals surface area contributed by atoms with E-state index < -0.39 is 0 Å². The van der Waals surface area contributed by atoms with Gasteiger partial charge >= 0.3 is 0 Å². The van der Waals surface area contributed by atoms with Crippen LogP contribution < -0.4 is 0 Å². The molecular formula is C14H30O. The monoisotopic (exact) mass is 214 g/mol. The zero-order valence-electron chi connectivity index (χ0n) is 11.8. The van der Waals surface area contributed by atoms with Crippen molar-refractivity contribution >= 4 is 0 Å². The van der Waals surface area contributed by atoms with Gasteiger partial charge in [-0.2, -0.15) is 0 Å². The quantitative estimate of drug-likeness (QED) is 0.606. The summed E-state index contributed by atoms with van der Waals surface area (Å²) in [5.41, 5.74) is 0.0783. The lowest BCUT2D eigenvalue weighted by molar-refractivity contribution is -0.0909. The van der Waals surface area contributed by atoms with Crippen LogP contribution in [0.3, 0.4) is 0 Å². The van der Waals surface area contributed by atoms with Crippen molar-refractivity contribution in [1.29, 1.82) is 0 Å². The first-order valence-corrected chi connectivity index (χ1v) is 6.42. The minimum atomic E-state index is 0.0783. The van der Waals surface area contributed by atoms with Crippen LogP contribution in [0, 0.1) is 17.8 Å². The van der Waals surface area contributed by atoms with Crippen LogP contribution >= 0.6 is 0 Å². The smallest absolute Gasteiger partial charge is 0.0724 e. The highest BCUT2D eigenvalue weighted by molar-refractivity contribution is 4.87. The van der Waals surface area contributed by atoms with Gasteiger partial charge < -0.3 is 4.74 Å². The molecule has 0 aromatic rings. The molecule has 0 rings (SSSR count). The van der Waals surface area contributed by atoms with Crippen LogP contribution in [0.1, 0.15) is 60.8 Å². The second-order valence-corrected chi connectivity index (χ2v) is 5.75. The Morgan fingerprint density at radius 2 is 1.40 bits per heavy atom. The lowest BCUT2D eigenvalue weighted by Crippen LogP contribution is -2.42. The summed E-state index contributed by atoms with van der Waals surface area (Å²) < 4.78 is 5.84. The maximum absolute atomic E-state index is 5.84. The van der Waals surface area contributed by atoms with Crippen LogP contribution in [0.5, 0.6) is 0 Å². The molecule has 0 spiro atoms. The zero-order chi connectivity index (χ0) is 12.1. The molecule has 1 heteroatoms. The van der Waals surface area contributed by atoms with Crippen molar-refractivity contribution in [2.75, 3.05) is 7.11 Å². The van der Waals surface area contributed by atoms with E-state index in [2.05, 4.69) is 41.5 Å². The fourth-order valence-electron chi connectivity index (χ4n) is 2.60. The molecule has 0 aromatic carbocycles. The highest BCUT2D eigenvalue weighted by Gasteiger charge is 2.36. The lowest BCUT2D eigenvalue weighted by Gasteiger charge is -2.40. The van der Waals surface area contributed by atoms with Gasteiger partial charge in [0, 0.05) is 7.11 Å². The Labute approximate surface area is 96.6 Å². The van der Waals surface area contributed by atoms with Crippen LogP contribution in [0.25, 0.3) is 0 Å². The van der Waals surface area contributed by atoms with Gasteiger partial charge in [0.05, 0.1) is 5.60 Å². The summed E-state index contributed by atoms with van der Waals surface area (Å²) >= 11 is 0. The van der Waals surface area contributed by atoms with Crippen molar-refractivity contribution < 1.29 is 4.74 Å². The Bertz CT molecular complexity index is 151. The first kappa shape index (κ1) is 15.0. The maximum Gasteiger partial charge on any atom is 0.0724 e. The summed E-state index contributed by atoms with van der Waals surface area (Å²) in [5, 5.41) is 0. The Kier molecular flexibility index (Phi) is 6.51. The SMILES string of the molecule is COC(CCCC(C)C)(C(C)C)C(C)C. The van der Waals surface area contributed by atoms with Crippen molar-refractivity contribution in [3.8, 4) is 0 Å². The molecule has 92 valence electrons. The number of rotatable bonds is 7. The third-order valence-corrected chi connectivity index (χ3v) is 3.68. The van der Waals surface area contributed by atoms with Gasteiger partial charge in [-0.25, -0.2) is 0 Å². The van der Waals surface area contributed by atoms with Gasteiger partial charge in [0.15, 0.2) is 0 Å². The molecule has 15 heavy (non-hydrogen) atoms. The van der Waals surface area contributed by atoms with Crippen LogP contribution in [0.2, 0.25) is 0 Å². The topological polar surface area (TPSA) is 9.23 Å². The van der Waals surface area contributed by atoms with Crippen LogP contribution in [0.4, 0.5) is 0 Å². The third-order valence-electron chi connectivity index (χ3n) is 3.68. The van der Waals surface area contributed by atoms with Crippen LogP contribution in [-0.2, 0) is 4.74 Å². The first-order valence-electron chi connectivity index (χ1n) is 6.42. The lowest BCUT2D eigenvalue weighted by atomic mass is 9.76. The molecule has 0 aromatic heterocycles. The van der Waals surface area contributed by atoms with Crippen LogP contribution in [-0.4, -0.2) is 12.7 Å². The molecule has 0 saturated carbocycles. The van der Waals surface area contributed by atoms with Crippen molar-refractivity contribution in [2.45, 2.75) is 66.4 Å². The number of hydrogen-bond acceptors (Lipinski definition) is 1. The number of methoxy groups -OCH3 is 1. The van der Waals surface area contributed by atoms with Gasteiger partial charge in [-0.3, -0.25) is 0 Å². The fourth-order valence-corrected chi connectivity index (χ4v) is 2.60. The standard InChI is InChI=1S/C14H30O/c1-11(2)9-8-10-14(15-7,12(3)4)13(5)6/h11-13H,8-10H2,1-7H3. The second-order valence-electron chi connectivity index (χ2n) is 5.75. The van der Waals surface area contributed by atoms with E-state index in [1.807, 2.05) is 7.11 Å². The Morgan fingerprint density at radius 1 is 0.933 bits per heavy atom. The number of ether oxygens (including phenoxy) is 1. The molecule has 0 bridgehead atoms. The van der Waals surface area contributed by atoms with Gasteiger partial charge in [0.1, 0.15) is 0 Å². The summed E-state index contributed by atoms with van der Waals surface area (Å²) in [4.78, 5) is 0. The van der Waals surface area contributed by atoms with Crippen molar-refractivity contribution in [3.63, 3.8) is 0 Å². The Hall–Kier alpha value is -0.0400. The molecular weight excluding hydrogens is 184 g/mol. The van der Waals surface area contributed by atoms with Crippen LogP contribution in [0.15, 0.2) is 0 Å². The van der Waals surface area contributed by atoms with Gasteiger partial charge in [-0.05, 0) is 24.2 Å². The molecule has 1 nitrogen and oxygen atoms in total. The van der Waals surface area contributed by atoms with Gasteiger partial charge in [-0.1, -0.05) is 54.4 Å². The van der Waals surface area contributed by atoms with Gasteiger partial charge in [0.25, 0.3) is 0 Å². The zero-order valence-corrected chi connectivity index (χ0v) is 11.8.